The van der Waals surface area contributed by atoms with E-state index in [0.717, 1.165) is 15.2 Å². The number of amides is 3. The van der Waals surface area contributed by atoms with Crippen LogP contribution in [0.1, 0.15) is 46.5 Å². The fraction of sp³-hybridized carbons (Fsp3) is 0.500. The van der Waals surface area contributed by atoms with Gasteiger partial charge in [-0.2, -0.15) is 0 Å². The van der Waals surface area contributed by atoms with Crippen molar-refractivity contribution in [3.63, 3.8) is 0 Å². The highest BCUT2D eigenvalue weighted by atomic mass is 79.9. The third-order valence-corrected chi connectivity index (χ3v) is 9.72. The number of aromatic nitrogens is 1. The Morgan fingerprint density at radius 3 is 2.59 bits per heavy atom. The van der Waals surface area contributed by atoms with E-state index in [-0.39, 0.29) is 19.4 Å². The maximum Gasteiger partial charge on any atom is 0.411 e. The molecular formula is C28H33BrN4O7S. The average molecular weight is 650 g/mol. The largest absolute Gasteiger partial charge is 0.472 e. The standard InChI is InChI=1S/C28H33BrN4O7S/c1-5-17-14-28(17,25(35)32-41(37,38)20-8-9-20)31-23(34)22-13-19(15-33(22)26(36)40-27(2,3)4)39-24-21-12-18(29)7-6-16(21)10-11-30-24/h5-7,10-12,17,19-20,22H,1,8-9,13-15H2,2-4H3,(H,31,34)(H,32,35)/t17-,19-,22+,28-/m1/s1. The minimum atomic E-state index is -3.82. The Kier molecular flexibility index (Phi) is 7.56. The second kappa shape index (κ2) is 10.6. The topological polar surface area (TPSA) is 144 Å². The van der Waals surface area contributed by atoms with E-state index in [1.807, 2.05) is 24.3 Å². The molecule has 2 saturated carbocycles. The number of sulfonamides is 1. The van der Waals surface area contributed by atoms with Crippen LogP contribution in [0.4, 0.5) is 4.79 Å². The first-order valence-electron chi connectivity index (χ1n) is 13.4. The first-order valence-corrected chi connectivity index (χ1v) is 15.8. The fourth-order valence-corrected chi connectivity index (χ4v) is 6.76. The molecule has 3 aliphatic rings. The van der Waals surface area contributed by atoms with Crippen molar-refractivity contribution in [1.82, 2.24) is 19.9 Å². The smallest absolute Gasteiger partial charge is 0.411 e. The minimum Gasteiger partial charge on any atom is -0.472 e. The zero-order valence-corrected chi connectivity index (χ0v) is 25.5. The SMILES string of the molecule is C=C[C@@H]1C[C@]1(NC(=O)[C@@H]1C[C@@H](Oc2nccc3ccc(Br)cc23)CN1C(=O)OC(C)(C)C)C(=O)NS(=O)(=O)C1CC1. The zero-order valence-electron chi connectivity index (χ0n) is 23.1. The number of ether oxygens (including phenoxy) is 2. The van der Waals surface area contributed by atoms with Crippen molar-refractivity contribution in [3.8, 4) is 5.88 Å². The molecular weight excluding hydrogens is 616 g/mol. The predicted octanol–water partition coefficient (Wildman–Crippen LogP) is 3.42. The first-order chi connectivity index (χ1) is 19.2. The molecule has 2 heterocycles. The Morgan fingerprint density at radius 2 is 1.95 bits per heavy atom. The van der Waals surface area contributed by atoms with E-state index < -0.39 is 62.4 Å². The van der Waals surface area contributed by atoms with Gasteiger partial charge < -0.3 is 14.8 Å². The van der Waals surface area contributed by atoms with Crippen LogP contribution in [-0.4, -0.2) is 71.3 Å². The molecule has 2 N–H and O–H groups in total. The van der Waals surface area contributed by atoms with Gasteiger partial charge in [0.2, 0.25) is 21.8 Å². The van der Waals surface area contributed by atoms with Gasteiger partial charge in [-0.05, 0) is 63.6 Å². The quantitative estimate of drug-likeness (QED) is 0.414. The number of carbonyl (C=O) groups excluding carboxylic acids is 3. The van der Waals surface area contributed by atoms with E-state index in [1.165, 1.54) is 11.0 Å². The van der Waals surface area contributed by atoms with Crippen LogP contribution in [0.3, 0.4) is 0 Å². The summed E-state index contributed by atoms with van der Waals surface area (Å²) in [7, 11) is -3.82. The Bertz CT molecular complexity index is 1520. The van der Waals surface area contributed by atoms with Crippen molar-refractivity contribution >= 4 is 54.6 Å². The van der Waals surface area contributed by atoms with E-state index in [4.69, 9.17) is 9.47 Å². The average Bonchev–Trinajstić information content (AvgIpc) is 3.80. The molecule has 13 heteroatoms. The molecule has 4 atom stereocenters. The summed E-state index contributed by atoms with van der Waals surface area (Å²) in [5.74, 6) is -1.52. The lowest BCUT2D eigenvalue weighted by Gasteiger charge is -2.29. The monoisotopic (exact) mass is 648 g/mol. The van der Waals surface area contributed by atoms with Crippen molar-refractivity contribution < 1.29 is 32.3 Å². The third kappa shape index (κ3) is 6.20. The molecule has 5 rings (SSSR count). The Balaban J connectivity index is 1.38. The van der Waals surface area contributed by atoms with Crippen molar-refractivity contribution in [2.24, 2.45) is 5.92 Å². The Morgan fingerprint density at radius 1 is 1.22 bits per heavy atom. The molecule has 41 heavy (non-hydrogen) atoms. The van der Waals surface area contributed by atoms with Crippen LogP contribution in [0.5, 0.6) is 5.88 Å². The zero-order chi connectivity index (χ0) is 29.7. The second-order valence-corrected chi connectivity index (χ2v) is 14.7. The van der Waals surface area contributed by atoms with Crippen LogP contribution in [0.25, 0.3) is 10.8 Å². The summed E-state index contributed by atoms with van der Waals surface area (Å²) < 4.78 is 39.7. The van der Waals surface area contributed by atoms with Gasteiger partial charge in [0.05, 0.1) is 11.8 Å². The normalized spacial score (nSPS) is 25.9. The second-order valence-electron chi connectivity index (χ2n) is 11.8. The van der Waals surface area contributed by atoms with Crippen molar-refractivity contribution in [2.75, 3.05) is 6.54 Å². The van der Waals surface area contributed by atoms with Gasteiger partial charge in [0.15, 0.2) is 0 Å². The molecule has 1 aromatic heterocycles. The third-order valence-electron chi connectivity index (χ3n) is 7.41. The number of nitrogens with zero attached hydrogens (tertiary/aromatic N) is 2. The summed E-state index contributed by atoms with van der Waals surface area (Å²) >= 11 is 3.47. The maximum atomic E-state index is 13.7. The minimum absolute atomic E-state index is 0.0409. The van der Waals surface area contributed by atoms with Crippen LogP contribution >= 0.6 is 15.9 Å². The molecule has 220 valence electrons. The molecule has 3 amide bonds. The van der Waals surface area contributed by atoms with E-state index in [1.54, 1.807) is 27.0 Å². The van der Waals surface area contributed by atoms with Gasteiger partial charge in [0.25, 0.3) is 5.91 Å². The van der Waals surface area contributed by atoms with Gasteiger partial charge in [0, 0.05) is 28.4 Å². The lowest BCUT2D eigenvalue weighted by Crippen LogP contribution is -2.56. The maximum absolute atomic E-state index is 13.7. The van der Waals surface area contributed by atoms with Gasteiger partial charge in [-0.1, -0.05) is 28.1 Å². The number of rotatable bonds is 8. The summed E-state index contributed by atoms with van der Waals surface area (Å²) in [6.07, 6.45) is 3.11. The van der Waals surface area contributed by atoms with E-state index in [2.05, 4.69) is 37.5 Å². The van der Waals surface area contributed by atoms with E-state index in [0.29, 0.717) is 18.7 Å². The van der Waals surface area contributed by atoms with Crippen LogP contribution in [0.2, 0.25) is 0 Å². The summed E-state index contributed by atoms with van der Waals surface area (Å²) in [6.45, 7) is 8.94. The summed E-state index contributed by atoms with van der Waals surface area (Å²) in [5.41, 5.74) is -2.29. The highest BCUT2D eigenvalue weighted by Gasteiger charge is 2.62. The highest BCUT2D eigenvalue weighted by Crippen LogP contribution is 2.45. The number of hydrogen-bond donors (Lipinski definition) is 2. The number of pyridine rings is 1. The number of likely N-dealkylation sites (tertiary alicyclic amines) is 1. The number of fused-ring (bicyclic) bond motifs is 1. The van der Waals surface area contributed by atoms with Gasteiger partial charge >= 0.3 is 6.09 Å². The number of halogens is 1. The molecule has 3 fully saturated rings. The molecule has 11 nitrogen and oxygen atoms in total. The summed E-state index contributed by atoms with van der Waals surface area (Å²) in [4.78, 5) is 45.7. The molecule has 0 radical (unpaired) electrons. The first kappa shape index (κ1) is 29.3. The van der Waals surface area contributed by atoms with Gasteiger partial charge in [-0.3, -0.25) is 19.2 Å². The predicted molar refractivity (Wildman–Crippen MR) is 154 cm³/mol. The van der Waals surface area contributed by atoms with Gasteiger partial charge in [-0.15, -0.1) is 6.58 Å². The summed E-state index contributed by atoms with van der Waals surface area (Å²) in [6, 6.07) is 6.52. The molecule has 2 aliphatic carbocycles. The van der Waals surface area contributed by atoms with Crippen LogP contribution in [0.15, 0.2) is 47.6 Å². The van der Waals surface area contributed by atoms with Crippen LogP contribution < -0.4 is 14.8 Å². The van der Waals surface area contributed by atoms with E-state index in [9.17, 15) is 22.8 Å². The molecule has 2 aromatic rings. The highest BCUT2D eigenvalue weighted by molar-refractivity contribution is 9.10. The van der Waals surface area contributed by atoms with Crippen LogP contribution in [-0.2, 0) is 24.3 Å². The van der Waals surface area contributed by atoms with Gasteiger partial charge in [0.1, 0.15) is 23.3 Å². The van der Waals surface area contributed by atoms with Crippen LogP contribution in [0, 0.1) is 5.92 Å². The van der Waals surface area contributed by atoms with Gasteiger partial charge in [-0.25, -0.2) is 18.2 Å². The Labute approximate surface area is 247 Å². The molecule has 0 spiro atoms. The number of nitrogens with one attached hydrogen (secondary N) is 2. The molecule has 0 unspecified atom stereocenters. The lowest BCUT2D eigenvalue weighted by molar-refractivity contribution is -0.131. The van der Waals surface area contributed by atoms with Crippen molar-refractivity contribution in [3.05, 3.63) is 47.6 Å². The lowest BCUT2D eigenvalue weighted by atomic mass is 10.1. The number of carbonyl (C=O) groups is 3. The molecule has 0 bridgehead atoms. The van der Waals surface area contributed by atoms with Crippen molar-refractivity contribution in [1.29, 1.82) is 0 Å². The Hall–Kier alpha value is -3.19. The fourth-order valence-electron chi connectivity index (χ4n) is 5.04. The number of hydrogen-bond acceptors (Lipinski definition) is 8. The molecule has 1 aliphatic heterocycles. The summed E-state index contributed by atoms with van der Waals surface area (Å²) in [5, 5.41) is 3.82. The molecule has 1 aromatic carbocycles. The number of benzene rings is 1. The molecule has 1 saturated heterocycles. The van der Waals surface area contributed by atoms with Crippen molar-refractivity contribution in [2.45, 2.75) is 75.0 Å². The van der Waals surface area contributed by atoms with E-state index >= 15 is 0 Å².